The molecule has 32 heavy (non-hydrogen) atoms. The molecule has 1 saturated heterocycles. The molecule has 2 atom stereocenters. The molecule has 2 N–H and O–H groups in total. The molecule has 10 heteroatoms. The Bertz CT molecular complexity index is 855. The predicted octanol–water partition coefficient (Wildman–Crippen LogP) is 2.26. The Morgan fingerprint density at radius 1 is 1.16 bits per heavy atom. The van der Waals surface area contributed by atoms with Gasteiger partial charge in [-0.3, -0.25) is 29.7 Å². The molecule has 2 fully saturated rings. The minimum absolute atomic E-state index is 0.191. The fourth-order valence-electron chi connectivity index (χ4n) is 4.68. The van der Waals surface area contributed by atoms with Crippen molar-refractivity contribution < 1.29 is 33.2 Å². The van der Waals surface area contributed by atoms with E-state index in [0.717, 1.165) is 43.9 Å². The van der Waals surface area contributed by atoms with Crippen molar-refractivity contribution in [3.63, 3.8) is 0 Å². The molecule has 0 spiro atoms. The number of halogens is 2. The smallest absolute Gasteiger partial charge is 0.263 e. The van der Waals surface area contributed by atoms with Crippen LogP contribution in [-0.2, 0) is 14.4 Å². The van der Waals surface area contributed by atoms with Crippen LogP contribution in [-0.4, -0.2) is 58.4 Å². The van der Waals surface area contributed by atoms with Gasteiger partial charge in [0.1, 0.15) is 23.2 Å². The van der Waals surface area contributed by atoms with Gasteiger partial charge in [-0.05, 0) is 37.3 Å². The monoisotopic (exact) mass is 451 g/mol. The van der Waals surface area contributed by atoms with Crippen LogP contribution >= 0.6 is 0 Å². The largest absolute Gasteiger partial charge is 0.330 e. The predicted molar refractivity (Wildman–Crippen MR) is 108 cm³/mol. The Labute approximate surface area is 184 Å². The number of nitrogens with zero attached hydrogens (tertiary/aromatic N) is 2. The number of benzene rings is 1. The Balaban J connectivity index is 1.71. The second kappa shape index (κ2) is 10.6. The summed E-state index contributed by atoms with van der Waals surface area (Å²) < 4.78 is 27.7. The third kappa shape index (κ3) is 5.48. The second-order valence-electron chi connectivity index (χ2n) is 8.42. The molecule has 1 aliphatic carbocycles. The second-order valence-corrected chi connectivity index (χ2v) is 8.42. The van der Waals surface area contributed by atoms with Crippen molar-refractivity contribution in [2.24, 2.45) is 11.8 Å². The summed E-state index contributed by atoms with van der Waals surface area (Å²) in [7, 11) is 0. The Hall–Kier alpha value is -2.88. The van der Waals surface area contributed by atoms with Gasteiger partial charge in [0.2, 0.25) is 18.2 Å². The molecule has 1 aromatic rings. The van der Waals surface area contributed by atoms with E-state index >= 15 is 0 Å². The van der Waals surface area contributed by atoms with E-state index in [-0.39, 0.29) is 31.8 Å². The number of rotatable bonds is 8. The quantitative estimate of drug-likeness (QED) is 0.273. The van der Waals surface area contributed by atoms with Crippen molar-refractivity contribution in [1.29, 1.82) is 0 Å². The van der Waals surface area contributed by atoms with E-state index in [1.54, 1.807) is 0 Å². The van der Waals surface area contributed by atoms with Crippen LogP contribution < -0.4 is 5.32 Å². The zero-order chi connectivity index (χ0) is 23.3. The first-order chi connectivity index (χ1) is 15.3. The van der Waals surface area contributed by atoms with E-state index in [4.69, 9.17) is 0 Å². The maximum absolute atomic E-state index is 13.9. The molecule has 1 aliphatic heterocycles. The maximum Gasteiger partial charge on any atom is 0.263 e. The van der Waals surface area contributed by atoms with E-state index in [0.29, 0.717) is 23.8 Å². The maximum atomic E-state index is 13.9. The number of carbonyl (C=O) groups is 4. The first kappa shape index (κ1) is 23.8. The Kier molecular flexibility index (Phi) is 7.89. The lowest BCUT2D eigenvalue weighted by Crippen LogP contribution is -2.50. The molecule has 1 aromatic carbocycles. The zero-order valence-electron chi connectivity index (χ0n) is 17.6. The van der Waals surface area contributed by atoms with E-state index in [1.165, 1.54) is 4.90 Å². The normalized spacial score (nSPS) is 19.6. The number of likely N-dealkylation sites (tertiary alicyclic amines) is 1. The fraction of sp³-hybridized carbons (Fsp3) is 0.545. The van der Waals surface area contributed by atoms with Crippen LogP contribution in [0.25, 0.3) is 0 Å². The van der Waals surface area contributed by atoms with Gasteiger partial charge in [0.25, 0.3) is 5.91 Å². The van der Waals surface area contributed by atoms with Crippen molar-refractivity contribution in [2.75, 3.05) is 13.1 Å². The van der Waals surface area contributed by atoms with Crippen LogP contribution in [0.15, 0.2) is 18.2 Å². The van der Waals surface area contributed by atoms with Gasteiger partial charge in [0.15, 0.2) is 0 Å². The summed E-state index contributed by atoms with van der Waals surface area (Å²) in [4.78, 5) is 50.5. The third-order valence-corrected chi connectivity index (χ3v) is 6.24. The Morgan fingerprint density at radius 3 is 2.44 bits per heavy atom. The van der Waals surface area contributed by atoms with Gasteiger partial charge in [0, 0.05) is 6.54 Å². The number of nitrogens with one attached hydrogen (secondary N) is 1. The summed E-state index contributed by atoms with van der Waals surface area (Å²) in [5, 5.41) is 12.1. The summed E-state index contributed by atoms with van der Waals surface area (Å²) in [6, 6.07) is 1.95. The highest BCUT2D eigenvalue weighted by Gasteiger charge is 2.39. The lowest BCUT2D eigenvalue weighted by molar-refractivity contribution is -0.158. The minimum atomic E-state index is -1.21. The summed E-state index contributed by atoms with van der Waals surface area (Å²) in [5.41, 5.74) is -0.863. The summed E-state index contributed by atoms with van der Waals surface area (Å²) in [6.07, 6.45) is 5.55. The Morgan fingerprint density at radius 2 is 1.81 bits per heavy atom. The molecule has 0 bridgehead atoms. The van der Waals surface area contributed by atoms with Crippen LogP contribution in [0.1, 0.15) is 55.3 Å². The van der Waals surface area contributed by atoms with Gasteiger partial charge < -0.3 is 4.90 Å². The average molecular weight is 451 g/mol. The van der Waals surface area contributed by atoms with E-state index in [9.17, 15) is 33.2 Å². The summed E-state index contributed by atoms with van der Waals surface area (Å²) in [6.45, 7) is 0.0793. The number of hydroxylamine groups is 2. The van der Waals surface area contributed by atoms with E-state index in [1.807, 2.05) is 5.32 Å². The van der Waals surface area contributed by atoms with Crippen LogP contribution in [0.5, 0.6) is 0 Å². The van der Waals surface area contributed by atoms with Crippen molar-refractivity contribution in [3.8, 4) is 0 Å². The van der Waals surface area contributed by atoms with E-state index in [2.05, 4.69) is 0 Å². The first-order valence-corrected chi connectivity index (χ1v) is 10.8. The standard InChI is InChI=1S/C22H27F2N3O5/c23-16-7-3-8-17(24)19(16)21(30)25-20(29)18-9-4-10-27(18)22(31)15(12-26(32)13-28)11-14-5-1-2-6-14/h3,7-8,13-15,18,32H,1-2,4-6,9-12H2,(H,25,29,30)/t15-,18+/m1/s1. The summed E-state index contributed by atoms with van der Waals surface area (Å²) >= 11 is 0. The average Bonchev–Trinajstić information content (AvgIpc) is 3.44. The van der Waals surface area contributed by atoms with Gasteiger partial charge in [-0.15, -0.1) is 0 Å². The number of carbonyl (C=O) groups excluding carboxylic acids is 4. The van der Waals surface area contributed by atoms with Gasteiger partial charge in [-0.25, -0.2) is 13.8 Å². The van der Waals surface area contributed by atoms with Crippen LogP contribution in [0, 0.1) is 23.5 Å². The van der Waals surface area contributed by atoms with Gasteiger partial charge in [0.05, 0.1) is 12.5 Å². The lowest BCUT2D eigenvalue weighted by atomic mass is 9.91. The molecule has 1 heterocycles. The van der Waals surface area contributed by atoms with Gasteiger partial charge in [-0.1, -0.05) is 31.7 Å². The molecule has 4 amide bonds. The first-order valence-electron chi connectivity index (χ1n) is 10.8. The lowest BCUT2D eigenvalue weighted by Gasteiger charge is -2.30. The highest BCUT2D eigenvalue weighted by Crippen LogP contribution is 2.32. The number of hydrogen-bond donors (Lipinski definition) is 2. The number of imide groups is 1. The molecule has 3 rings (SSSR count). The molecule has 0 aromatic heterocycles. The SMILES string of the molecule is O=CN(O)C[C@@H](CC1CCCC1)C(=O)N1CCC[C@H]1C(=O)NC(=O)c1c(F)cccc1F. The zero-order valence-corrected chi connectivity index (χ0v) is 17.6. The van der Waals surface area contributed by atoms with E-state index < -0.39 is 41.0 Å². The topological polar surface area (TPSA) is 107 Å². The van der Waals surface area contributed by atoms with Crippen LogP contribution in [0.2, 0.25) is 0 Å². The highest BCUT2D eigenvalue weighted by molar-refractivity contribution is 6.07. The molecule has 1 saturated carbocycles. The van der Waals surface area contributed by atoms with Crippen LogP contribution in [0.4, 0.5) is 8.78 Å². The molecule has 174 valence electrons. The van der Waals surface area contributed by atoms with Crippen molar-refractivity contribution in [2.45, 2.75) is 51.0 Å². The molecular weight excluding hydrogens is 424 g/mol. The van der Waals surface area contributed by atoms with Crippen molar-refractivity contribution >= 4 is 24.1 Å². The molecule has 0 unspecified atom stereocenters. The molecule has 0 radical (unpaired) electrons. The van der Waals surface area contributed by atoms with Crippen molar-refractivity contribution in [1.82, 2.24) is 15.3 Å². The summed E-state index contributed by atoms with van der Waals surface area (Å²) in [5.74, 6) is -5.01. The third-order valence-electron chi connectivity index (χ3n) is 6.24. The molecule has 8 nitrogen and oxygen atoms in total. The minimum Gasteiger partial charge on any atom is -0.330 e. The molecule has 2 aliphatic rings. The number of amides is 4. The number of hydrogen-bond acceptors (Lipinski definition) is 5. The van der Waals surface area contributed by atoms with Crippen LogP contribution in [0.3, 0.4) is 0 Å². The van der Waals surface area contributed by atoms with Gasteiger partial charge >= 0.3 is 0 Å². The molecular formula is C22H27F2N3O5. The van der Waals surface area contributed by atoms with Crippen molar-refractivity contribution in [3.05, 3.63) is 35.4 Å². The van der Waals surface area contributed by atoms with Gasteiger partial charge in [-0.2, -0.15) is 0 Å². The fourth-order valence-corrected chi connectivity index (χ4v) is 4.68. The highest BCUT2D eigenvalue weighted by atomic mass is 19.1.